The molecule has 2 heterocycles. The Hall–Kier alpha value is -8.21. The third-order valence-corrected chi connectivity index (χ3v) is 11.4. The highest BCUT2D eigenvalue weighted by Gasteiger charge is 2.18. The molecule has 11 aromatic rings. The molecule has 286 valence electrons. The molecule has 0 N–H and O–H groups in total. The number of benzene rings is 9. The monoisotopic (exact) mass is 779 g/mol. The van der Waals surface area contributed by atoms with Gasteiger partial charge in [-0.15, -0.1) is 0 Å². The summed E-state index contributed by atoms with van der Waals surface area (Å²) in [6.07, 6.45) is 0. The summed E-state index contributed by atoms with van der Waals surface area (Å²) in [6.45, 7) is 0. The van der Waals surface area contributed by atoms with Crippen molar-refractivity contribution in [1.82, 2.24) is 15.0 Å². The minimum Gasteiger partial charge on any atom is -0.456 e. The number of rotatable bonds is 8. The predicted octanol–water partition coefficient (Wildman–Crippen LogP) is 15.1. The van der Waals surface area contributed by atoms with Crippen LogP contribution in [0.15, 0.2) is 229 Å². The zero-order valence-corrected chi connectivity index (χ0v) is 33.1. The van der Waals surface area contributed by atoms with Gasteiger partial charge in [0.15, 0.2) is 17.5 Å². The number of fused-ring (bicyclic) bond motifs is 3. The Morgan fingerprint density at radius 2 is 0.623 bits per heavy atom. The first kappa shape index (κ1) is 35.9. The lowest BCUT2D eigenvalue weighted by Gasteiger charge is -2.11. The van der Waals surface area contributed by atoms with Crippen molar-refractivity contribution in [2.24, 2.45) is 0 Å². The van der Waals surface area contributed by atoms with Gasteiger partial charge < -0.3 is 4.42 Å². The second-order valence-electron chi connectivity index (χ2n) is 15.2. The molecule has 0 amide bonds. The summed E-state index contributed by atoms with van der Waals surface area (Å²) < 4.78 is 6.61. The molecule has 2 aromatic heterocycles. The van der Waals surface area contributed by atoms with E-state index in [-0.39, 0.29) is 0 Å². The highest BCUT2D eigenvalue weighted by atomic mass is 16.3. The summed E-state index contributed by atoms with van der Waals surface area (Å²) in [5.74, 6) is 1.77. The van der Waals surface area contributed by atoms with Crippen molar-refractivity contribution < 1.29 is 4.42 Å². The molecule has 11 rings (SSSR count). The first-order valence-corrected chi connectivity index (χ1v) is 20.5. The van der Waals surface area contributed by atoms with Gasteiger partial charge in [0.1, 0.15) is 11.2 Å². The molecule has 0 saturated carbocycles. The maximum atomic E-state index is 6.61. The van der Waals surface area contributed by atoms with Gasteiger partial charge in [-0.2, -0.15) is 0 Å². The second-order valence-corrected chi connectivity index (χ2v) is 15.2. The summed E-state index contributed by atoms with van der Waals surface area (Å²) in [4.78, 5) is 15.4. The Bertz CT molecular complexity index is 3320. The maximum Gasteiger partial charge on any atom is 0.164 e. The van der Waals surface area contributed by atoms with Gasteiger partial charge in [-0.1, -0.05) is 194 Å². The fourth-order valence-corrected chi connectivity index (χ4v) is 8.23. The third-order valence-electron chi connectivity index (χ3n) is 11.4. The van der Waals surface area contributed by atoms with E-state index >= 15 is 0 Å². The Morgan fingerprint density at radius 3 is 1.20 bits per heavy atom. The number of furan rings is 1. The van der Waals surface area contributed by atoms with E-state index in [1.54, 1.807) is 0 Å². The van der Waals surface area contributed by atoms with Gasteiger partial charge in [-0.25, -0.2) is 15.0 Å². The van der Waals surface area contributed by atoms with Crippen LogP contribution in [0.25, 0.3) is 112 Å². The maximum absolute atomic E-state index is 6.61. The zero-order chi connectivity index (χ0) is 40.5. The van der Waals surface area contributed by atoms with Crippen molar-refractivity contribution >= 4 is 21.9 Å². The molecule has 0 fully saturated rings. The lowest BCUT2D eigenvalue weighted by molar-refractivity contribution is 0.669. The van der Waals surface area contributed by atoms with Crippen molar-refractivity contribution in [3.63, 3.8) is 0 Å². The van der Waals surface area contributed by atoms with E-state index < -0.39 is 0 Å². The third kappa shape index (κ3) is 7.07. The normalized spacial score (nSPS) is 11.3. The van der Waals surface area contributed by atoms with Crippen molar-refractivity contribution in [1.29, 1.82) is 0 Å². The van der Waals surface area contributed by atoms with Crippen molar-refractivity contribution in [2.75, 3.05) is 0 Å². The summed E-state index contributed by atoms with van der Waals surface area (Å²) in [6, 6.07) is 78.2. The lowest BCUT2D eigenvalue weighted by Crippen LogP contribution is -2.00. The summed E-state index contributed by atoms with van der Waals surface area (Å²) in [7, 11) is 0. The predicted molar refractivity (Wildman–Crippen MR) is 251 cm³/mol. The van der Waals surface area contributed by atoms with E-state index in [1.165, 1.54) is 22.3 Å². The number of hydrogen-bond donors (Lipinski definition) is 0. The van der Waals surface area contributed by atoms with E-state index in [9.17, 15) is 0 Å². The minimum absolute atomic E-state index is 0.572. The summed E-state index contributed by atoms with van der Waals surface area (Å²) in [5, 5.41) is 2.12. The van der Waals surface area contributed by atoms with E-state index in [4.69, 9.17) is 19.4 Å². The number of nitrogens with zero attached hydrogens (tertiary/aromatic N) is 3. The molecule has 0 atom stereocenters. The van der Waals surface area contributed by atoms with Crippen LogP contribution in [0.5, 0.6) is 0 Å². The number of aromatic nitrogens is 3. The molecule has 4 nitrogen and oxygen atoms in total. The quantitative estimate of drug-likeness (QED) is 0.154. The van der Waals surface area contributed by atoms with Crippen LogP contribution in [0.4, 0.5) is 0 Å². The molecule has 0 radical (unpaired) electrons. The Morgan fingerprint density at radius 1 is 0.246 bits per heavy atom. The van der Waals surface area contributed by atoms with Crippen LogP contribution in [0.3, 0.4) is 0 Å². The Labute approximate surface area is 354 Å². The zero-order valence-electron chi connectivity index (χ0n) is 33.1. The van der Waals surface area contributed by atoms with E-state index in [2.05, 4.69) is 200 Å². The molecule has 9 aromatic carbocycles. The summed E-state index contributed by atoms with van der Waals surface area (Å²) in [5.41, 5.74) is 15.8. The number of hydrogen-bond acceptors (Lipinski definition) is 4. The first-order valence-electron chi connectivity index (χ1n) is 20.5. The SMILES string of the molecule is c1ccc(-c2ccc(-c3cccc(-c4nc(-c5ccc(-c6ccccc6)cc5)nc(-c5ccc6c(c5)oc5cccc(-c7cccc(-c8ccccc8)c7)c56)n4)c3)cc2)cc1. The van der Waals surface area contributed by atoms with Crippen LogP contribution in [0.2, 0.25) is 0 Å². The van der Waals surface area contributed by atoms with Gasteiger partial charge in [0.2, 0.25) is 0 Å². The Balaban J connectivity index is 1.00. The fraction of sp³-hybridized carbons (Fsp3) is 0. The van der Waals surface area contributed by atoms with Crippen LogP contribution < -0.4 is 0 Å². The molecule has 61 heavy (non-hydrogen) atoms. The summed E-state index contributed by atoms with van der Waals surface area (Å²) >= 11 is 0. The van der Waals surface area contributed by atoms with Gasteiger partial charge in [0, 0.05) is 27.5 Å². The molecule has 0 aliphatic heterocycles. The molecule has 0 bridgehead atoms. The van der Waals surface area contributed by atoms with Crippen LogP contribution in [0, 0.1) is 0 Å². The topological polar surface area (TPSA) is 51.8 Å². The van der Waals surface area contributed by atoms with Crippen LogP contribution >= 0.6 is 0 Å². The van der Waals surface area contributed by atoms with Crippen LogP contribution in [-0.2, 0) is 0 Å². The fourth-order valence-electron chi connectivity index (χ4n) is 8.23. The molecular formula is C57H37N3O. The van der Waals surface area contributed by atoms with E-state index in [0.29, 0.717) is 17.5 Å². The molecule has 0 spiro atoms. The standard InChI is InChI=1S/C57H37N3O/c1-4-13-38(14-5-1)41-25-27-43(28-26-41)46-20-11-22-48(36-46)56-58-55(44-31-29-42(30-32-44)39-15-6-2-7-16-39)59-57(60-56)49-33-34-51-53(37-49)61-52-24-12-23-50(54(51)52)47-21-10-19-45(35-47)40-17-8-3-9-18-40/h1-37H. The van der Waals surface area contributed by atoms with E-state index in [0.717, 1.165) is 72.0 Å². The van der Waals surface area contributed by atoms with Crippen molar-refractivity contribution in [3.8, 4) is 89.8 Å². The van der Waals surface area contributed by atoms with Gasteiger partial charge in [-0.3, -0.25) is 0 Å². The molecule has 0 aliphatic carbocycles. The van der Waals surface area contributed by atoms with Gasteiger partial charge >= 0.3 is 0 Å². The second kappa shape index (κ2) is 15.5. The highest BCUT2D eigenvalue weighted by Crippen LogP contribution is 2.39. The van der Waals surface area contributed by atoms with Crippen LogP contribution in [0.1, 0.15) is 0 Å². The molecule has 0 saturated heterocycles. The molecule has 0 unspecified atom stereocenters. The Kier molecular flexibility index (Phi) is 9.14. The lowest BCUT2D eigenvalue weighted by atomic mass is 9.96. The minimum atomic E-state index is 0.572. The molecular weight excluding hydrogens is 743 g/mol. The average Bonchev–Trinajstić information content (AvgIpc) is 3.73. The van der Waals surface area contributed by atoms with Gasteiger partial charge in [0.05, 0.1) is 0 Å². The van der Waals surface area contributed by atoms with Crippen molar-refractivity contribution in [2.45, 2.75) is 0 Å². The highest BCUT2D eigenvalue weighted by molar-refractivity contribution is 6.13. The van der Waals surface area contributed by atoms with Crippen molar-refractivity contribution in [3.05, 3.63) is 224 Å². The van der Waals surface area contributed by atoms with E-state index in [1.807, 2.05) is 24.3 Å². The van der Waals surface area contributed by atoms with Crippen LogP contribution in [-0.4, -0.2) is 15.0 Å². The average molecular weight is 780 g/mol. The first-order chi connectivity index (χ1) is 30.2. The largest absolute Gasteiger partial charge is 0.456 e. The molecule has 0 aliphatic rings. The van der Waals surface area contributed by atoms with Gasteiger partial charge in [-0.05, 0) is 86.0 Å². The van der Waals surface area contributed by atoms with Gasteiger partial charge in [0.25, 0.3) is 0 Å². The molecule has 4 heteroatoms. The smallest absolute Gasteiger partial charge is 0.164 e.